The van der Waals surface area contributed by atoms with Gasteiger partial charge < -0.3 is 10.6 Å². The van der Waals surface area contributed by atoms with E-state index in [0.29, 0.717) is 6.54 Å². The third-order valence-corrected chi connectivity index (χ3v) is 3.94. The fourth-order valence-corrected chi connectivity index (χ4v) is 2.69. The van der Waals surface area contributed by atoms with Gasteiger partial charge in [0.05, 0.1) is 6.54 Å². The monoisotopic (exact) mass is 292 g/mol. The van der Waals surface area contributed by atoms with Crippen molar-refractivity contribution >= 4 is 17.2 Å². The predicted octanol–water partition coefficient (Wildman–Crippen LogP) is 3.10. The molecule has 110 valence electrons. The Hall–Kier alpha value is -1.31. The van der Waals surface area contributed by atoms with E-state index < -0.39 is 0 Å². The number of nitrogens with zero attached hydrogens (tertiary/aromatic N) is 1. The highest BCUT2D eigenvalue weighted by molar-refractivity contribution is 7.12. The lowest BCUT2D eigenvalue weighted by Crippen LogP contribution is -2.32. The van der Waals surface area contributed by atoms with Crippen molar-refractivity contribution in [1.82, 2.24) is 4.90 Å². The SMILES string of the molecule is CCCCN(CCCC)C(=O)c1sccc1C#CCN. The molecule has 1 aromatic heterocycles. The average Bonchev–Trinajstić information content (AvgIpc) is 2.93. The molecule has 2 N–H and O–H groups in total. The van der Waals surface area contributed by atoms with Crippen molar-refractivity contribution in [2.24, 2.45) is 5.73 Å². The molecule has 1 rings (SSSR count). The van der Waals surface area contributed by atoms with Gasteiger partial charge in [0.1, 0.15) is 4.88 Å². The van der Waals surface area contributed by atoms with Gasteiger partial charge in [0.25, 0.3) is 5.91 Å². The van der Waals surface area contributed by atoms with Crippen LogP contribution >= 0.6 is 11.3 Å². The molecule has 3 nitrogen and oxygen atoms in total. The summed E-state index contributed by atoms with van der Waals surface area (Å²) in [6, 6.07) is 1.90. The second-order valence-corrected chi connectivity index (χ2v) is 5.58. The molecule has 0 fully saturated rings. The number of rotatable bonds is 7. The van der Waals surface area contributed by atoms with E-state index in [1.54, 1.807) is 0 Å². The standard InChI is InChI=1S/C16H24N2OS/c1-3-5-11-18(12-6-4-2)16(19)15-14(8-7-10-17)9-13-20-15/h9,13H,3-6,10-12,17H2,1-2H3. The molecule has 0 atom stereocenters. The van der Waals surface area contributed by atoms with Crippen LogP contribution in [0.5, 0.6) is 0 Å². The van der Waals surface area contributed by atoms with Crippen molar-refractivity contribution < 1.29 is 4.79 Å². The Bertz CT molecular complexity index is 462. The largest absolute Gasteiger partial charge is 0.338 e. The molecule has 0 spiro atoms. The first-order chi connectivity index (χ1) is 9.74. The zero-order valence-electron chi connectivity index (χ0n) is 12.4. The minimum Gasteiger partial charge on any atom is -0.338 e. The first-order valence-electron chi connectivity index (χ1n) is 7.30. The molecule has 20 heavy (non-hydrogen) atoms. The molecule has 4 heteroatoms. The Morgan fingerprint density at radius 2 is 1.95 bits per heavy atom. The summed E-state index contributed by atoms with van der Waals surface area (Å²) in [7, 11) is 0. The molecule has 1 amide bonds. The van der Waals surface area contributed by atoms with Crippen molar-refractivity contribution in [3.05, 3.63) is 21.9 Å². The fourth-order valence-electron chi connectivity index (χ4n) is 1.88. The number of thiophene rings is 1. The summed E-state index contributed by atoms with van der Waals surface area (Å²) in [5, 5.41) is 1.92. The van der Waals surface area contributed by atoms with Gasteiger partial charge in [-0.3, -0.25) is 4.79 Å². The molecule has 0 unspecified atom stereocenters. The van der Waals surface area contributed by atoms with Crippen LogP contribution in [0, 0.1) is 11.8 Å². The molecule has 1 heterocycles. The fraction of sp³-hybridized carbons (Fsp3) is 0.562. The van der Waals surface area contributed by atoms with E-state index in [0.717, 1.165) is 49.2 Å². The van der Waals surface area contributed by atoms with Gasteiger partial charge in [-0.2, -0.15) is 0 Å². The smallest absolute Gasteiger partial charge is 0.265 e. The maximum Gasteiger partial charge on any atom is 0.265 e. The van der Waals surface area contributed by atoms with Crippen molar-refractivity contribution in [2.75, 3.05) is 19.6 Å². The van der Waals surface area contributed by atoms with Crippen LogP contribution in [-0.4, -0.2) is 30.4 Å². The van der Waals surface area contributed by atoms with Crippen LogP contribution in [0.1, 0.15) is 54.8 Å². The Labute approximate surface area is 126 Å². The normalized spacial score (nSPS) is 9.95. The van der Waals surface area contributed by atoms with Crippen LogP contribution in [0.4, 0.5) is 0 Å². The van der Waals surface area contributed by atoms with Gasteiger partial charge in [0.2, 0.25) is 0 Å². The highest BCUT2D eigenvalue weighted by Gasteiger charge is 2.18. The third-order valence-electron chi connectivity index (χ3n) is 3.03. The number of unbranched alkanes of at least 4 members (excludes halogenated alkanes) is 2. The minimum atomic E-state index is 0.114. The quantitative estimate of drug-likeness (QED) is 0.785. The summed E-state index contributed by atoms with van der Waals surface area (Å²) in [4.78, 5) is 15.4. The number of hydrogen-bond donors (Lipinski definition) is 1. The van der Waals surface area contributed by atoms with Gasteiger partial charge in [0.15, 0.2) is 0 Å². The molecule has 0 aliphatic rings. The highest BCUT2D eigenvalue weighted by atomic mass is 32.1. The summed E-state index contributed by atoms with van der Waals surface area (Å²) >= 11 is 1.47. The predicted molar refractivity (Wildman–Crippen MR) is 86.0 cm³/mol. The second kappa shape index (κ2) is 9.57. The van der Waals surface area contributed by atoms with Crippen molar-refractivity contribution in [3.8, 4) is 11.8 Å². The zero-order chi connectivity index (χ0) is 14.8. The first kappa shape index (κ1) is 16.7. The molecule has 0 saturated carbocycles. The van der Waals surface area contributed by atoms with E-state index in [1.165, 1.54) is 11.3 Å². The summed E-state index contributed by atoms with van der Waals surface area (Å²) in [6.45, 7) is 6.27. The Balaban J connectivity index is 2.84. The van der Waals surface area contributed by atoms with Crippen molar-refractivity contribution in [3.63, 3.8) is 0 Å². The van der Waals surface area contributed by atoms with Crippen LogP contribution in [0.25, 0.3) is 0 Å². The first-order valence-corrected chi connectivity index (χ1v) is 8.18. The van der Waals surface area contributed by atoms with Gasteiger partial charge in [-0.15, -0.1) is 11.3 Å². The van der Waals surface area contributed by atoms with E-state index >= 15 is 0 Å². The molecule has 0 aliphatic carbocycles. The summed E-state index contributed by atoms with van der Waals surface area (Å²) < 4.78 is 0. The number of carbonyl (C=O) groups is 1. The van der Waals surface area contributed by atoms with Crippen molar-refractivity contribution in [1.29, 1.82) is 0 Å². The second-order valence-electron chi connectivity index (χ2n) is 4.67. The zero-order valence-corrected chi connectivity index (χ0v) is 13.3. The molecule has 0 bridgehead atoms. The van der Waals surface area contributed by atoms with Crippen LogP contribution in [-0.2, 0) is 0 Å². The van der Waals surface area contributed by atoms with Gasteiger partial charge in [-0.25, -0.2) is 0 Å². The Morgan fingerprint density at radius 3 is 2.50 bits per heavy atom. The molecule has 0 radical (unpaired) electrons. The van der Waals surface area contributed by atoms with Gasteiger partial charge in [0, 0.05) is 18.7 Å². The summed E-state index contributed by atoms with van der Waals surface area (Å²) in [5.41, 5.74) is 6.21. The van der Waals surface area contributed by atoms with E-state index in [4.69, 9.17) is 5.73 Å². The van der Waals surface area contributed by atoms with Crippen LogP contribution in [0.15, 0.2) is 11.4 Å². The maximum atomic E-state index is 12.6. The molecule has 0 saturated heterocycles. The van der Waals surface area contributed by atoms with Crippen LogP contribution in [0.3, 0.4) is 0 Å². The van der Waals surface area contributed by atoms with Crippen LogP contribution in [0.2, 0.25) is 0 Å². The van der Waals surface area contributed by atoms with Crippen molar-refractivity contribution in [2.45, 2.75) is 39.5 Å². The third kappa shape index (κ3) is 4.99. The van der Waals surface area contributed by atoms with Gasteiger partial charge >= 0.3 is 0 Å². The Kier molecular flexibility index (Phi) is 8.01. The molecule has 0 aromatic carbocycles. The number of nitrogens with two attached hydrogens (primary N) is 1. The van der Waals surface area contributed by atoms with E-state index in [2.05, 4.69) is 25.7 Å². The lowest BCUT2D eigenvalue weighted by molar-refractivity contribution is 0.0755. The summed E-state index contributed by atoms with van der Waals surface area (Å²) in [5.74, 6) is 5.93. The Morgan fingerprint density at radius 1 is 1.30 bits per heavy atom. The topological polar surface area (TPSA) is 46.3 Å². The molecular formula is C16H24N2OS. The van der Waals surface area contributed by atoms with Crippen LogP contribution < -0.4 is 5.73 Å². The molecular weight excluding hydrogens is 268 g/mol. The number of amides is 1. The van der Waals surface area contributed by atoms with E-state index in [1.807, 2.05) is 16.3 Å². The van der Waals surface area contributed by atoms with Gasteiger partial charge in [-0.05, 0) is 24.3 Å². The number of hydrogen-bond acceptors (Lipinski definition) is 3. The van der Waals surface area contributed by atoms with E-state index in [-0.39, 0.29) is 5.91 Å². The lowest BCUT2D eigenvalue weighted by atomic mass is 10.2. The molecule has 0 aliphatic heterocycles. The summed E-state index contributed by atoms with van der Waals surface area (Å²) in [6.07, 6.45) is 4.29. The number of carbonyl (C=O) groups excluding carboxylic acids is 1. The highest BCUT2D eigenvalue weighted by Crippen LogP contribution is 2.19. The molecule has 1 aromatic rings. The average molecular weight is 292 g/mol. The lowest BCUT2D eigenvalue weighted by Gasteiger charge is -2.22. The maximum absolute atomic E-state index is 12.6. The van der Waals surface area contributed by atoms with E-state index in [9.17, 15) is 4.79 Å². The minimum absolute atomic E-state index is 0.114. The van der Waals surface area contributed by atoms with Gasteiger partial charge in [-0.1, -0.05) is 38.5 Å².